The second-order valence-corrected chi connectivity index (χ2v) is 55.6. The summed E-state index contributed by atoms with van der Waals surface area (Å²) in [5.41, 5.74) is 9.24. The second-order valence-electron chi connectivity index (χ2n) is 24.1. The minimum atomic E-state index is -0.428. The Morgan fingerprint density at radius 3 is 0.688 bits per heavy atom. The molecule has 0 aromatic heterocycles. The zero-order valence-electron chi connectivity index (χ0n) is 74.3. The van der Waals surface area contributed by atoms with Crippen LogP contribution in [0.15, 0.2) is 0 Å². The Morgan fingerprint density at radius 2 is 0.492 bits per heavy atom. The number of aliphatic hydroxyl groups is 10. The maximum absolute atomic E-state index is 9.73. The molecule has 1 aliphatic rings. The summed E-state index contributed by atoms with van der Waals surface area (Å²) in [6, 6.07) is 0. The number of thioether (sulfide) groups is 19. The molecule has 0 bridgehead atoms. The number of epoxide rings is 1. The Hall–Kier alpha value is 14.8. The average molecular weight is 2580 g/mol. The standard InChI is InChI=1S/C10H22O4S3.C10H22O2S5.C10H22OS6.3C10H22S7.C5H11ClO2S.C4H8O.C2H6OS.CH4N2S.CH4.2Na.H2S/c11-1-3-15-5-9(13)7-17-8-10(14)6-16-4-2-12;11-9(5-15-3-1-13)7-17-8-10(12)6-16-4-2-14;11-9(6-15-3-1-12)7-16-8-10(5-14)17-4-2-13;11-1-3-16-9(5-13)7-15-8-10(6-14)17-4-2-12;11-1-3-15-7-9(5-13)17-8-10(6-14)16-4-2-12;11-1-3-15-7-9(5-13)17-10(6-14)8-16-4-2-12;6-3-5(8)4-9-2-1-7;1-2-4-3-5-4;3-1-2-4;2-1(3)4;;;;/h6*9-14H,1-8H2;5,7-8H,1-4H2;4H,2-3H2,1H3;3-4H,1-2H2;(H4,2,3,4);1H4;;;1H2. The van der Waals surface area contributed by atoms with Crippen molar-refractivity contribution in [1.82, 2.24) is 0 Å². The van der Waals surface area contributed by atoms with Crippen LogP contribution in [0.4, 0.5) is 0 Å². The van der Waals surface area contributed by atoms with E-state index in [-0.39, 0.29) is 88.9 Å². The molecule has 0 radical (unpaired) electrons. The van der Waals surface area contributed by atoms with Crippen LogP contribution in [0.5, 0.6) is 0 Å². The van der Waals surface area contributed by atoms with Gasteiger partial charge in [-0.1, -0.05) is 14.4 Å². The molecule has 0 saturated carbocycles. The van der Waals surface area contributed by atoms with Crippen molar-refractivity contribution in [2.24, 2.45) is 11.5 Å². The number of hydrogen-bond acceptors (Lipinski definition) is 49. The van der Waals surface area contributed by atoms with E-state index in [1.165, 1.54) is 132 Å². The average Bonchev–Trinajstić information content (AvgIpc) is 1.76. The molecule has 1 rings (SSSR count). The van der Waals surface area contributed by atoms with Gasteiger partial charge in [0.25, 0.3) is 0 Å². The Morgan fingerprint density at radius 1 is 0.312 bits per heavy atom. The fraction of sp³-hybridized carbons (Fsp3) is 0.986. The molecule has 0 spiro atoms. The molecule has 1 saturated heterocycles. The first-order chi connectivity index (χ1) is 60.9. The Bertz CT molecular complexity index is 1810. The molecule has 0 aromatic carbocycles. The monoisotopic (exact) mass is 2580 g/mol. The van der Waals surface area contributed by atoms with Crippen LogP contribution >= 0.6 is 488 Å². The van der Waals surface area contributed by atoms with Crippen molar-refractivity contribution < 1.29 is 55.8 Å². The van der Waals surface area contributed by atoms with E-state index in [1.54, 1.807) is 47.0 Å². The molecule has 13 nitrogen and oxygen atoms in total. The Labute approximate surface area is 1010 Å². The fourth-order valence-corrected chi connectivity index (χ4v) is 33.6. The summed E-state index contributed by atoms with van der Waals surface area (Å²) in [6.07, 6.45) is -0.106. The summed E-state index contributed by atoms with van der Waals surface area (Å²) >= 11 is 123. The summed E-state index contributed by atoms with van der Waals surface area (Å²) in [5, 5.41) is 94.7. The van der Waals surface area contributed by atoms with Crippen LogP contribution in [0.2, 0.25) is 0 Å². The Balaban J connectivity index is -0.000000119. The number of alkyl halides is 1. The van der Waals surface area contributed by atoms with Crippen molar-refractivity contribution in [3.05, 3.63) is 0 Å². The number of ether oxygens (including phenoxy) is 1. The third-order valence-electron chi connectivity index (χ3n) is 12.6. The van der Waals surface area contributed by atoms with Crippen LogP contribution in [-0.2, 0) is 4.74 Å². The Kier molecular flexibility index (Phi) is 200. The minimum absolute atomic E-state index is 0. The molecule has 14 unspecified atom stereocenters. The molecule has 55 heteroatoms. The van der Waals surface area contributed by atoms with Crippen molar-refractivity contribution in [2.75, 3.05) is 321 Å². The van der Waals surface area contributed by atoms with Gasteiger partial charge in [-0.2, -0.15) is 464 Å². The van der Waals surface area contributed by atoms with Gasteiger partial charge in [0.2, 0.25) is 0 Å². The molecule has 14 atom stereocenters. The van der Waals surface area contributed by atoms with Gasteiger partial charge in [0.15, 0.2) is 5.11 Å². The fourth-order valence-electron chi connectivity index (χ4n) is 6.91. The van der Waals surface area contributed by atoms with E-state index in [1.807, 2.05) is 129 Å². The molecule has 1 aliphatic heterocycles. The van der Waals surface area contributed by atoms with Crippen LogP contribution in [-0.4, -0.2) is 500 Å². The van der Waals surface area contributed by atoms with E-state index in [0.29, 0.717) is 106 Å². The first kappa shape index (κ1) is 168. The summed E-state index contributed by atoms with van der Waals surface area (Å²) in [5.74, 6) is 45.4. The van der Waals surface area contributed by atoms with Gasteiger partial charge in [-0.05, 0) is 76.2 Å². The number of thiol groups is 18. The van der Waals surface area contributed by atoms with Crippen LogP contribution in [0.1, 0.15) is 20.8 Å². The van der Waals surface area contributed by atoms with Gasteiger partial charge >= 0.3 is 43.6 Å². The van der Waals surface area contributed by atoms with E-state index in [4.69, 9.17) is 41.9 Å². The maximum atomic E-state index is 9.73. The normalized spacial score (nSPS) is 14.6. The zero-order valence-corrected chi connectivity index (χ0v) is 112. The summed E-state index contributed by atoms with van der Waals surface area (Å²) in [4.78, 5) is 0. The van der Waals surface area contributed by atoms with Gasteiger partial charge in [0.05, 0.1) is 75.8 Å². The zero-order chi connectivity index (χ0) is 97.4. The third kappa shape index (κ3) is 161. The topological polar surface area (TPSA) is 267 Å². The van der Waals surface area contributed by atoms with Crippen molar-refractivity contribution in [3.8, 4) is 0 Å². The van der Waals surface area contributed by atoms with E-state index in [0.717, 1.165) is 191 Å². The van der Waals surface area contributed by atoms with E-state index in [2.05, 4.69) is 258 Å². The van der Waals surface area contributed by atoms with Crippen molar-refractivity contribution >= 4 is 537 Å². The van der Waals surface area contributed by atoms with Gasteiger partial charge in [0.1, 0.15) is 0 Å². The van der Waals surface area contributed by atoms with Crippen molar-refractivity contribution in [2.45, 2.75) is 100 Å². The molecular formula is C73H167ClN2Na2O11S39. The number of halogens is 1. The van der Waals surface area contributed by atoms with Crippen molar-refractivity contribution in [3.63, 3.8) is 0 Å². The summed E-state index contributed by atoms with van der Waals surface area (Å²) in [6.45, 7) is 3.79. The number of hydrogen-bond donors (Lipinski definition) is 30. The quantitative estimate of drug-likeness (QED) is 0.00674. The SMILES string of the molecule is C.CCC1CO1.NC(N)=S.OC(CSCCS)CSCC(CS)SCCS.OC(CSCCS)CSCC(O)CSCCS.OCCS.OCCSCC(O)CCl.OCCSCC(O)CSCC(O)CSCCO.S.SCCSC(CS)CSCC(CS)SCCS.SCCSCC(CS)SC(CS)CSCCS.SCCSCC(CS)SCC(CS)SCCS.[Na][Na]. The van der Waals surface area contributed by atoms with E-state index in [9.17, 15) is 25.5 Å². The predicted molar refractivity (Wildman–Crippen MR) is 716 cm³/mol. The second kappa shape index (κ2) is 152. The van der Waals surface area contributed by atoms with Crippen LogP contribution < -0.4 is 11.5 Å². The molecule has 14 N–H and O–H groups in total. The van der Waals surface area contributed by atoms with Crippen LogP contribution in [0, 0.1) is 0 Å². The van der Waals surface area contributed by atoms with E-state index >= 15 is 0 Å². The first-order valence-electron chi connectivity index (χ1n) is 40.8. The van der Waals surface area contributed by atoms with Gasteiger partial charge in [0, 0.05) is 267 Å². The van der Waals surface area contributed by atoms with Gasteiger partial charge in [-0.25, -0.2) is 0 Å². The van der Waals surface area contributed by atoms with Gasteiger partial charge in [-0.3, -0.25) is 0 Å². The van der Waals surface area contributed by atoms with E-state index < -0.39 is 6.10 Å². The number of aliphatic hydroxyl groups excluding tert-OH is 10. The molecule has 128 heavy (non-hydrogen) atoms. The van der Waals surface area contributed by atoms with Gasteiger partial charge in [-0.15, -0.1) is 11.6 Å². The molecule has 778 valence electrons. The molecule has 0 aliphatic carbocycles. The molecule has 1 heterocycles. The molecule has 1 fully saturated rings. The summed E-state index contributed by atoms with van der Waals surface area (Å²) in [7, 11) is 0. The van der Waals surface area contributed by atoms with Crippen LogP contribution in [0.3, 0.4) is 0 Å². The first-order valence-corrected chi connectivity index (χ1v) is 82.3. The summed E-state index contributed by atoms with van der Waals surface area (Å²) < 4.78 is 4.86. The predicted octanol–water partition coefficient (Wildman–Crippen LogP) is 15.5. The van der Waals surface area contributed by atoms with Crippen molar-refractivity contribution in [1.29, 1.82) is 0 Å². The number of rotatable bonds is 79. The molecule has 0 aromatic rings. The third-order valence-corrected chi connectivity index (χ3v) is 47.5. The molecule has 0 amide bonds. The van der Waals surface area contributed by atoms with Crippen LogP contribution in [0.25, 0.3) is 0 Å². The number of nitrogens with two attached hydrogens (primary N) is 2. The van der Waals surface area contributed by atoms with Gasteiger partial charge < -0.3 is 67.3 Å². The molecular weight excluding hydrogens is 2410 g/mol. The number of thiocarbonyl (C=S) groups is 1.